The van der Waals surface area contributed by atoms with Crippen LogP contribution in [0.25, 0.3) is 0 Å². The Morgan fingerprint density at radius 1 is 1.40 bits per heavy atom. The van der Waals surface area contributed by atoms with Crippen molar-refractivity contribution in [3.63, 3.8) is 0 Å². The number of hydrogen-bond acceptors (Lipinski definition) is 3. The normalized spacial score (nSPS) is 16.4. The van der Waals surface area contributed by atoms with Crippen molar-refractivity contribution in [1.29, 1.82) is 5.26 Å². The molecule has 0 aromatic carbocycles. The zero-order valence-corrected chi connectivity index (χ0v) is 12.3. The highest BCUT2D eigenvalue weighted by Crippen LogP contribution is 2.16. The van der Waals surface area contributed by atoms with E-state index in [1.807, 2.05) is 30.9 Å². The molecule has 1 saturated heterocycles. The van der Waals surface area contributed by atoms with E-state index in [0.717, 1.165) is 25.9 Å². The van der Waals surface area contributed by atoms with Gasteiger partial charge in [0, 0.05) is 19.6 Å². The molecule has 20 heavy (non-hydrogen) atoms. The van der Waals surface area contributed by atoms with Gasteiger partial charge in [0.2, 0.25) is 11.8 Å². The number of nitriles is 1. The minimum Gasteiger partial charge on any atom is -0.355 e. The molecular formula is C15H23N3O2. The van der Waals surface area contributed by atoms with Crippen LogP contribution in [0.1, 0.15) is 33.1 Å². The first kappa shape index (κ1) is 16.2. The first-order chi connectivity index (χ1) is 9.52. The molecule has 1 aliphatic rings. The molecule has 0 aliphatic carbocycles. The monoisotopic (exact) mass is 277 g/mol. The van der Waals surface area contributed by atoms with E-state index >= 15 is 0 Å². The number of rotatable bonds is 5. The third kappa shape index (κ3) is 5.87. The van der Waals surface area contributed by atoms with E-state index in [-0.39, 0.29) is 18.2 Å². The molecule has 1 aliphatic heterocycles. The molecule has 0 radical (unpaired) electrons. The SMILES string of the molecule is CC(C)/C=C/C(=O)N1CCC(CNC(=O)CC#N)CC1. The van der Waals surface area contributed by atoms with Gasteiger partial charge in [-0.05, 0) is 30.8 Å². The number of piperidine rings is 1. The van der Waals surface area contributed by atoms with Crippen LogP contribution in [-0.4, -0.2) is 36.3 Å². The van der Waals surface area contributed by atoms with Crippen LogP contribution < -0.4 is 5.32 Å². The quantitative estimate of drug-likeness (QED) is 0.773. The zero-order valence-electron chi connectivity index (χ0n) is 12.3. The van der Waals surface area contributed by atoms with Crippen molar-refractivity contribution in [3.8, 4) is 6.07 Å². The second kappa shape index (κ2) is 8.36. The highest BCUT2D eigenvalue weighted by atomic mass is 16.2. The Morgan fingerprint density at radius 3 is 2.60 bits per heavy atom. The highest BCUT2D eigenvalue weighted by molar-refractivity contribution is 5.87. The van der Waals surface area contributed by atoms with Crippen LogP contribution in [0.2, 0.25) is 0 Å². The first-order valence-electron chi connectivity index (χ1n) is 7.13. The Balaban J connectivity index is 2.28. The van der Waals surface area contributed by atoms with Crippen molar-refractivity contribution >= 4 is 11.8 Å². The largest absolute Gasteiger partial charge is 0.355 e. The van der Waals surface area contributed by atoms with Crippen molar-refractivity contribution < 1.29 is 9.59 Å². The van der Waals surface area contributed by atoms with Gasteiger partial charge in [-0.15, -0.1) is 0 Å². The molecule has 5 nitrogen and oxygen atoms in total. The molecule has 0 aromatic heterocycles. The van der Waals surface area contributed by atoms with Crippen LogP contribution in [0, 0.1) is 23.2 Å². The lowest BCUT2D eigenvalue weighted by Gasteiger charge is -2.31. The average molecular weight is 277 g/mol. The molecule has 0 saturated carbocycles. The van der Waals surface area contributed by atoms with Gasteiger partial charge in [-0.3, -0.25) is 9.59 Å². The van der Waals surface area contributed by atoms with E-state index in [1.165, 1.54) is 0 Å². The standard InChI is InChI=1S/C15H23N3O2/c1-12(2)3-4-15(20)18-9-6-13(7-10-18)11-17-14(19)5-8-16/h3-4,12-13H,5-7,9-11H2,1-2H3,(H,17,19)/b4-3+. The second-order valence-electron chi connectivity index (χ2n) is 5.51. The molecular weight excluding hydrogens is 254 g/mol. The predicted octanol–water partition coefficient (Wildman–Crippen LogP) is 1.47. The van der Waals surface area contributed by atoms with Crippen LogP contribution in [0.15, 0.2) is 12.2 Å². The molecule has 0 aromatic rings. The Morgan fingerprint density at radius 2 is 2.05 bits per heavy atom. The summed E-state index contributed by atoms with van der Waals surface area (Å²) in [5, 5.41) is 11.2. The lowest BCUT2D eigenvalue weighted by Crippen LogP contribution is -2.40. The molecule has 0 bridgehead atoms. The number of nitrogens with zero attached hydrogens (tertiary/aromatic N) is 2. The second-order valence-corrected chi connectivity index (χ2v) is 5.51. The third-order valence-electron chi connectivity index (χ3n) is 3.38. The summed E-state index contributed by atoms with van der Waals surface area (Å²) >= 11 is 0. The maximum atomic E-state index is 11.9. The van der Waals surface area contributed by atoms with Crippen molar-refractivity contribution in [1.82, 2.24) is 10.2 Å². The van der Waals surface area contributed by atoms with E-state index in [1.54, 1.807) is 6.08 Å². The Bertz CT molecular complexity index is 402. The number of carbonyl (C=O) groups excluding carboxylic acids is 2. The summed E-state index contributed by atoms with van der Waals surface area (Å²) in [6, 6.07) is 1.83. The van der Waals surface area contributed by atoms with Gasteiger partial charge in [0.05, 0.1) is 6.07 Å². The van der Waals surface area contributed by atoms with Gasteiger partial charge in [0.15, 0.2) is 0 Å². The molecule has 0 spiro atoms. The van der Waals surface area contributed by atoms with Gasteiger partial charge in [0.25, 0.3) is 0 Å². The summed E-state index contributed by atoms with van der Waals surface area (Å²) in [7, 11) is 0. The van der Waals surface area contributed by atoms with Crippen LogP contribution in [0.3, 0.4) is 0 Å². The fraction of sp³-hybridized carbons (Fsp3) is 0.667. The van der Waals surface area contributed by atoms with Crippen molar-refractivity contribution in [2.45, 2.75) is 33.1 Å². The van der Waals surface area contributed by atoms with Gasteiger partial charge in [0.1, 0.15) is 6.42 Å². The molecule has 0 atom stereocenters. The molecule has 5 heteroatoms. The molecule has 110 valence electrons. The van der Waals surface area contributed by atoms with Gasteiger partial charge in [-0.25, -0.2) is 0 Å². The molecule has 0 unspecified atom stereocenters. The number of amides is 2. The molecule has 1 heterocycles. The zero-order chi connectivity index (χ0) is 15.0. The Hall–Kier alpha value is -1.83. The topological polar surface area (TPSA) is 73.2 Å². The lowest BCUT2D eigenvalue weighted by atomic mass is 9.96. The summed E-state index contributed by atoms with van der Waals surface area (Å²) in [6.45, 7) is 6.16. The van der Waals surface area contributed by atoms with Crippen molar-refractivity contribution in [3.05, 3.63) is 12.2 Å². The average Bonchev–Trinajstić information content (AvgIpc) is 2.43. The molecule has 2 amide bonds. The van der Waals surface area contributed by atoms with E-state index in [0.29, 0.717) is 18.4 Å². The van der Waals surface area contributed by atoms with E-state index in [4.69, 9.17) is 5.26 Å². The minimum absolute atomic E-state index is 0.0747. The van der Waals surface area contributed by atoms with Crippen molar-refractivity contribution in [2.24, 2.45) is 11.8 Å². The number of allylic oxidation sites excluding steroid dienone is 1. The fourth-order valence-electron chi connectivity index (χ4n) is 2.13. The predicted molar refractivity (Wildman–Crippen MR) is 76.5 cm³/mol. The van der Waals surface area contributed by atoms with Crippen LogP contribution >= 0.6 is 0 Å². The highest BCUT2D eigenvalue weighted by Gasteiger charge is 2.21. The van der Waals surface area contributed by atoms with Crippen LogP contribution in [0.5, 0.6) is 0 Å². The van der Waals surface area contributed by atoms with Crippen molar-refractivity contribution in [2.75, 3.05) is 19.6 Å². The summed E-state index contributed by atoms with van der Waals surface area (Å²) < 4.78 is 0. The Labute approximate surface area is 120 Å². The maximum absolute atomic E-state index is 11.9. The van der Waals surface area contributed by atoms with Gasteiger partial charge in [-0.2, -0.15) is 5.26 Å². The molecule has 1 rings (SSSR count). The first-order valence-corrected chi connectivity index (χ1v) is 7.13. The summed E-state index contributed by atoms with van der Waals surface area (Å²) in [4.78, 5) is 24.9. The summed E-state index contributed by atoms with van der Waals surface area (Å²) in [5.41, 5.74) is 0. The van der Waals surface area contributed by atoms with Gasteiger partial charge >= 0.3 is 0 Å². The van der Waals surface area contributed by atoms with E-state index in [2.05, 4.69) is 5.32 Å². The van der Waals surface area contributed by atoms with Crippen LogP contribution in [-0.2, 0) is 9.59 Å². The summed E-state index contributed by atoms with van der Waals surface area (Å²) in [6.07, 6.45) is 5.27. The minimum atomic E-state index is -0.217. The number of likely N-dealkylation sites (tertiary alicyclic amines) is 1. The smallest absolute Gasteiger partial charge is 0.246 e. The van der Waals surface area contributed by atoms with Crippen LogP contribution in [0.4, 0.5) is 0 Å². The fourth-order valence-corrected chi connectivity index (χ4v) is 2.13. The number of hydrogen-bond donors (Lipinski definition) is 1. The summed E-state index contributed by atoms with van der Waals surface area (Å²) in [5.74, 6) is 0.638. The number of nitrogens with one attached hydrogen (secondary N) is 1. The lowest BCUT2D eigenvalue weighted by molar-refractivity contribution is -0.127. The van der Waals surface area contributed by atoms with E-state index in [9.17, 15) is 9.59 Å². The van der Waals surface area contributed by atoms with E-state index < -0.39 is 0 Å². The molecule has 1 N–H and O–H groups in total. The number of carbonyl (C=O) groups is 2. The Kier molecular flexibility index (Phi) is 6.78. The van der Waals surface area contributed by atoms with Gasteiger partial charge < -0.3 is 10.2 Å². The molecule has 1 fully saturated rings. The third-order valence-corrected chi connectivity index (χ3v) is 3.38. The maximum Gasteiger partial charge on any atom is 0.246 e. The van der Waals surface area contributed by atoms with Gasteiger partial charge in [-0.1, -0.05) is 19.9 Å².